The van der Waals surface area contributed by atoms with Gasteiger partial charge in [-0.1, -0.05) is 17.7 Å². The number of amides is 1. The quantitative estimate of drug-likeness (QED) is 0.816. The van der Waals surface area contributed by atoms with E-state index < -0.39 is 18.0 Å². The van der Waals surface area contributed by atoms with Crippen LogP contribution in [0, 0.1) is 6.92 Å². The van der Waals surface area contributed by atoms with E-state index in [2.05, 4.69) is 5.32 Å². The summed E-state index contributed by atoms with van der Waals surface area (Å²) in [6, 6.07) is 12.0. The van der Waals surface area contributed by atoms with Crippen molar-refractivity contribution >= 4 is 17.6 Å². The van der Waals surface area contributed by atoms with E-state index in [0.717, 1.165) is 5.56 Å². The number of carbonyl (C=O) groups is 2. The maximum Gasteiger partial charge on any atom is 0.338 e. The van der Waals surface area contributed by atoms with Crippen LogP contribution >= 0.6 is 0 Å². The molecule has 0 saturated carbocycles. The van der Waals surface area contributed by atoms with Gasteiger partial charge in [0.25, 0.3) is 5.91 Å². The summed E-state index contributed by atoms with van der Waals surface area (Å²) in [4.78, 5) is 24.4. The average molecular weight is 343 g/mol. The molecule has 1 amide bonds. The van der Waals surface area contributed by atoms with Gasteiger partial charge in [-0.15, -0.1) is 0 Å². The van der Waals surface area contributed by atoms with Gasteiger partial charge in [0.2, 0.25) is 0 Å². The Labute approximate surface area is 146 Å². The minimum Gasteiger partial charge on any atom is -0.497 e. The normalized spacial score (nSPS) is 11.4. The van der Waals surface area contributed by atoms with Gasteiger partial charge < -0.3 is 19.5 Å². The third-order valence-electron chi connectivity index (χ3n) is 3.60. The molecular weight excluding hydrogens is 322 g/mol. The molecule has 0 unspecified atom stereocenters. The molecule has 0 aliphatic rings. The highest BCUT2D eigenvalue weighted by Gasteiger charge is 2.20. The van der Waals surface area contributed by atoms with Crippen molar-refractivity contribution in [1.29, 1.82) is 0 Å². The third-order valence-corrected chi connectivity index (χ3v) is 3.60. The van der Waals surface area contributed by atoms with Gasteiger partial charge >= 0.3 is 5.97 Å². The van der Waals surface area contributed by atoms with Gasteiger partial charge in [-0.25, -0.2) is 4.79 Å². The second-order valence-electron chi connectivity index (χ2n) is 5.47. The van der Waals surface area contributed by atoms with Gasteiger partial charge in [0, 0.05) is 6.07 Å². The number of ether oxygens (including phenoxy) is 3. The first kappa shape index (κ1) is 18.3. The molecule has 1 atom stereocenters. The van der Waals surface area contributed by atoms with Crippen molar-refractivity contribution in [2.45, 2.75) is 20.0 Å². The zero-order chi connectivity index (χ0) is 18.4. The number of rotatable bonds is 6. The van der Waals surface area contributed by atoms with E-state index in [1.54, 1.807) is 30.3 Å². The van der Waals surface area contributed by atoms with E-state index in [4.69, 9.17) is 14.2 Å². The number of methoxy groups -OCH3 is 2. The topological polar surface area (TPSA) is 73.9 Å². The van der Waals surface area contributed by atoms with Gasteiger partial charge in [0.15, 0.2) is 6.10 Å². The van der Waals surface area contributed by atoms with E-state index in [1.165, 1.54) is 21.1 Å². The maximum absolute atomic E-state index is 12.3. The fourth-order valence-electron chi connectivity index (χ4n) is 2.12. The first-order chi connectivity index (χ1) is 11.9. The fraction of sp³-hybridized carbons (Fsp3) is 0.263. The largest absolute Gasteiger partial charge is 0.497 e. The summed E-state index contributed by atoms with van der Waals surface area (Å²) in [6.45, 7) is 3.43. The molecule has 0 heterocycles. The Balaban J connectivity index is 2.05. The van der Waals surface area contributed by atoms with Crippen LogP contribution in [0.5, 0.6) is 11.5 Å². The van der Waals surface area contributed by atoms with Crippen LogP contribution in [0.25, 0.3) is 0 Å². The predicted octanol–water partition coefficient (Wildman–Crippen LogP) is 3.20. The summed E-state index contributed by atoms with van der Waals surface area (Å²) in [5.41, 5.74) is 1.86. The first-order valence-electron chi connectivity index (χ1n) is 7.75. The van der Waals surface area contributed by atoms with Gasteiger partial charge in [-0.2, -0.15) is 0 Å². The highest BCUT2D eigenvalue weighted by molar-refractivity contribution is 5.98. The number of benzene rings is 2. The first-order valence-corrected chi connectivity index (χ1v) is 7.75. The number of nitrogens with one attached hydrogen (secondary N) is 1. The number of aryl methyl sites for hydroxylation is 1. The SMILES string of the molecule is COc1ccc(OC)c(NC(=O)[C@@H](C)OC(=O)c2ccc(C)cc2)c1. The van der Waals surface area contributed by atoms with Gasteiger partial charge in [-0.05, 0) is 38.1 Å². The molecule has 1 N–H and O–H groups in total. The summed E-state index contributed by atoms with van der Waals surface area (Å²) in [5, 5.41) is 2.68. The molecule has 0 bridgehead atoms. The number of carbonyl (C=O) groups excluding carboxylic acids is 2. The highest BCUT2D eigenvalue weighted by atomic mass is 16.5. The van der Waals surface area contributed by atoms with Crippen molar-refractivity contribution in [1.82, 2.24) is 0 Å². The number of esters is 1. The Morgan fingerprint density at radius 2 is 1.68 bits per heavy atom. The molecule has 0 radical (unpaired) electrons. The van der Waals surface area contributed by atoms with Crippen molar-refractivity contribution in [3.63, 3.8) is 0 Å². The van der Waals surface area contributed by atoms with Crippen molar-refractivity contribution in [3.8, 4) is 11.5 Å². The van der Waals surface area contributed by atoms with Crippen LogP contribution in [0.2, 0.25) is 0 Å². The predicted molar refractivity (Wildman–Crippen MR) is 94.2 cm³/mol. The Hall–Kier alpha value is -3.02. The Morgan fingerprint density at radius 3 is 2.28 bits per heavy atom. The smallest absolute Gasteiger partial charge is 0.338 e. The Kier molecular flexibility index (Phi) is 6.00. The molecule has 0 aliphatic heterocycles. The Bertz CT molecular complexity index is 755. The molecule has 2 aromatic rings. The molecule has 132 valence electrons. The van der Waals surface area contributed by atoms with Crippen molar-refractivity contribution in [2.24, 2.45) is 0 Å². The van der Waals surface area contributed by atoms with Crippen LogP contribution in [-0.4, -0.2) is 32.2 Å². The lowest BCUT2D eigenvalue weighted by molar-refractivity contribution is -0.123. The average Bonchev–Trinajstić information content (AvgIpc) is 2.61. The summed E-state index contributed by atoms with van der Waals surface area (Å²) >= 11 is 0. The van der Waals surface area contributed by atoms with Gasteiger partial charge in [-0.3, -0.25) is 4.79 Å². The van der Waals surface area contributed by atoms with E-state index in [0.29, 0.717) is 22.7 Å². The van der Waals surface area contributed by atoms with Crippen molar-refractivity contribution in [2.75, 3.05) is 19.5 Å². The Morgan fingerprint density at radius 1 is 1.00 bits per heavy atom. The van der Waals surface area contributed by atoms with Crippen LogP contribution in [0.4, 0.5) is 5.69 Å². The van der Waals surface area contributed by atoms with Crippen LogP contribution < -0.4 is 14.8 Å². The summed E-state index contributed by atoms with van der Waals surface area (Å²) in [6.07, 6.45) is -0.968. The molecule has 0 fully saturated rings. The zero-order valence-corrected chi connectivity index (χ0v) is 14.7. The molecule has 2 aromatic carbocycles. The molecule has 0 saturated heterocycles. The van der Waals surface area contributed by atoms with E-state index in [-0.39, 0.29) is 0 Å². The molecule has 25 heavy (non-hydrogen) atoms. The van der Waals surface area contributed by atoms with Gasteiger partial charge in [0.05, 0.1) is 25.5 Å². The minimum absolute atomic E-state index is 0.393. The maximum atomic E-state index is 12.3. The minimum atomic E-state index is -0.968. The monoisotopic (exact) mass is 343 g/mol. The van der Waals surface area contributed by atoms with Crippen LogP contribution in [0.1, 0.15) is 22.8 Å². The number of hydrogen-bond donors (Lipinski definition) is 1. The van der Waals surface area contributed by atoms with Crippen LogP contribution in [0.15, 0.2) is 42.5 Å². The van der Waals surface area contributed by atoms with E-state index in [1.807, 2.05) is 19.1 Å². The van der Waals surface area contributed by atoms with Crippen molar-refractivity contribution < 1.29 is 23.8 Å². The lowest BCUT2D eigenvalue weighted by atomic mass is 10.1. The second-order valence-corrected chi connectivity index (χ2v) is 5.47. The highest BCUT2D eigenvalue weighted by Crippen LogP contribution is 2.29. The molecular formula is C19H21NO5. The molecule has 0 aromatic heterocycles. The van der Waals surface area contributed by atoms with Gasteiger partial charge in [0.1, 0.15) is 11.5 Å². The molecule has 6 heteroatoms. The zero-order valence-electron chi connectivity index (χ0n) is 14.7. The summed E-state index contributed by atoms with van der Waals surface area (Å²) in [5.74, 6) is 0.0267. The molecule has 0 aliphatic carbocycles. The molecule has 0 spiro atoms. The lowest BCUT2D eigenvalue weighted by Gasteiger charge is -2.16. The van der Waals surface area contributed by atoms with E-state index in [9.17, 15) is 9.59 Å². The second kappa shape index (κ2) is 8.19. The van der Waals surface area contributed by atoms with Crippen LogP contribution in [0.3, 0.4) is 0 Å². The molecule has 6 nitrogen and oxygen atoms in total. The number of hydrogen-bond acceptors (Lipinski definition) is 5. The van der Waals surface area contributed by atoms with Crippen molar-refractivity contribution in [3.05, 3.63) is 53.6 Å². The summed E-state index contributed by atoms with van der Waals surface area (Å²) in [7, 11) is 3.03. The van der Waals surface area contributed by atoms with Crippen LogP contribution in [-0.2, 0) is 9.53 Å². The number of anilines is 1. The fourth-order valence-corrected chi connectivity index (χ4v) is 2.12. The summed E-state index contributed by atoms with van der Waals surface area (Å²) < 4.78 is 15.6. The standard InChI is InChI=1S/C19H21NO5/c1-12-5-7-14(8-6-12)19(22)25-13(2)18(21)20-16-11-15(23-3)9-10-17(16)24-4/h5-11,13H,1-4H3,(H,20,21)/t13-/m1/s1. The third kappa shape index (κ3) is 4.73. The lowest BCUT2D eigenvalue weighted by Crippen LogP contribution is -2.30. The molecule has 2 rings (SSSR count). The van der Waals surface area contributed by atoms with E-state index >= 15 is 0 Å².